The predicted molar refractivity (Wildman–Crippen MR) is 118 cm³/mol. The Bertz CT molecular complexity index is 1010. The van der Waals surface area contributed by atoms with Gasteiger partial charge in [-0.2, -0.15) is 4.31 Å². The van der Waals surface area contributed by atoms with Crippen LogP contribution in [0.1, 0.15) is 12.8 Å². The molecule has 1 saturated heterocycles. The second-order valence-electron chi connectivity index (χ2n) is 6.91. The lowest BCUT2D eigenvalue weighted by atomic mass is 9.99. The summed E-state index contributed by atoms with van der Waals surface area (Å²) in [5.41, 5.74) is 0.745. The van der Waals surface area contributed by atoms with Gasteiger partial charge in [0, 0.05) is 24.1 Å². The van der Waals surface area contributed by atoms with Crippen LogP contribution in [0.4, 0.5) is 5.69 Å². The molecule has 30 heavy (non-hydrogen) atoms. The Morgan fingerprint density at radius 3 is 2.57 bits per heavy atom. The van der Waals surface area contributed by atoms with E-state index >= 15 is 0 Å². The number of hydrogen-bond acceptors (Lipinski definition) is 6. The summed E-state index contributed by atoms with van der Waals surface area (Å²) in [5.74, 6) is 0.227. The Balaban J connectivity index is 1.77. The zero-order valence-electron chi connectivity index (χ0n) is 17.3. The molecule has 0 aromatic heterocycles. The van der Waals surface area contributed by atoms with E-state index in [2.05, 4.69) is 5.32 Å². The van der Waals surface area contributed by atoms with Gasteiger partial charge in [0.25, 0.3) is 0 Å². The van der Waals surface area contributed by atoms with Gasteiger partial charge in [-0.25, -0.2) is 8.42 Å². The van der Waals surface area contributed by atoms with Gasteiger partial charge >= 0.3 is 0 Å². The summed E-state index contributed by atoms with van der Waals surface area (Å²) in [7, 11) is -0.803. The number of benzene rings is 2. The lowest BCUT2D eigenvalue weighted by molar-refractivity contribution is -0.120. The van der Waals surface area contributed by atoms with Crippen molar-refractivity contribution in [1.82, 2.24) is 4.31 Å². The van der Waals surface area contributed by atoms with Crippen molar-refractivity contribution in [3.8, 4) is 11.5 Å². The summed E-state index contributed by atoms with van der Waals surface area (Å²) >= 11 is 1.55. The Hall–Kier alpha value is -2.23. The number of hydrogen-bond donors (Lipinski definition) is 1. The minimum Gasteiger partial charge on any atom is -0.493 e. The van der Waals surface area contributed by atoms with E-state index in [4.69, 9.17) is 9.47 Å². The summed E-state index contributed by atoms with van der Waals surface area (Å²) in [6.45, 7) is 0.520. The smallest absolute Gasteiger partial charge is 0.243 e. The van der Waals surface area contributed by atoms with Crippen LogP contribution < -0.4 is 14.8 Å². The zero-order chi connectivity index (χ0) is 21.7. The number of rotatable bonds is 7. The van der Waals surface area contributed by atoms with E-state index in [1.165, 1.54) is 30.7 Å². The Kier molecular flexibility index (Phi) is 7.27. The number of nitrogens with zero attached hydrogens (tertiary/aromatic N) is 1. The highest BCUT2D eigenvalue weighted by atomic mass is 32.2. The van der Waals surface area contributed by atoms with Gasteiger partial charge in [-0.3, -0.25) is 4.79 Å². The molecule has 3 rings (SSSR count). The van der Waals surface area contributed by atoms with Crippen LogP contribution >= 0.6 is 11.8 Å². The van der Waals surface area contributed by atoms with Gasteiger partial charge in [-0.1, -0.05) is 12.1 Å². The second kappa shape index (κ2) is 9.72. The van der Waals surface area contributed by atoms with Crippen molar-refractivity contribution in [3.63, 3.8) is 0 Å². The second-order valence-corrected chi connectivity index (χ2v) is 9.69. The largest absolute Gasteiger partial charge is 0.493 e. The lowest BCUT2D eigenvalue weighted by Crippen LogP contribution is -2.43. The molecular formula is C21H26N2O5S2. The maximum Gasteiger partial charge on any atom is 0.243 e. The summed E-state index contributed by atoms with van der Waals surface area (Å²) < 4.78 is 38.1. The third-order valence-corrected chi connectivity index (χ3v) is 7.77. The van der Waals surface area contributed by atoms with Crippen molar-refractivity contribution in [3.05, 3.63) is 42.5 Å². The molecule has 7 nitrogen and oxygen atoms in total. The average molecular weight is 451 g/mol. The van der Waals surface area contributed by atoms with Gasteiger partial charge in [-0.15, -0.1) is 11.8 Å². The van der Waals surface area contributed by atoms with Crippen LogP contribution in [0.25, 0.3) is 0 Å². The average Bonchev–Trinajstić information content (AvgIpc) is 2.78. The molecule has 2 aromatic carbocycles. The van der Waals surface area contributed by atoms with Crippen LogP contribution in [0.2, 0.25) is 0 Å². The first-order valence-electron chi connectivity index (χ1n) is 9.56. The molecule has 0 radical (unpaired) electrons. The highest BCUT2D eigenvalue weighted by Gasteiger charge is 2.34. The quantitative estimate of drug-likeness (QED) is 0.651. The molecule has 0 aliphatic carbocycles. The monoisotopic (exact) mass is 450 g/mol. The summed E-state index contributed by atoms with van der Waals surface area (Å²) in [6.07, 6.45) is 3.21. The van der Waals surface area contributed by atoms with Crippen LogP contribution in [0.5, 0.6) is 11.5 Å². The number of methoxy groups -OCH3 is 2. The van der Waals surface area contributed by atoms with Gasteiger partial charge in [0.15, 0.2) is 11.5 Å². The molecule has 1 aliphatic rings. The molecule has 1 aliphatic heterocycles. The minimum absolute atomic E-state index is 0.119. The Labute approximate surface area is 181 Å². The maximum absolute atomic E-state index is 13.2. The van der Waals surface area contributed by atoms with Crippen LogP contribution in [-0.4, -0.2) is 52.2 Å². The number of carbonyl (C=O) groups excluding carboxylic acids is 1. The van der Waals surface area contributed by atoms with Crippen molar-refractivity contribution in [1.29, 1.82) is 0 Å². The standard InChI is InChI=1S/C21H26N2O5S2/c1-27-18-11-10-16(13-19(18)28-2)30(25,26)23-12-6-7-15(14-23)21(24)22-17-8-4-5-9-20(17)29-3/h4-5,8-11,13,15H,6-7,12,14H2,1-3H3,(H,22,24)/t15-/m1/s1. The first-order valence-corrected chi connectivity index (χ1v) is 12.2. The molecule has 0 unspecified atom stereocenters. The number of sulfonamides is 1. The highest BCUT2D eigenvalue weighted by Crippen LogP contribution is 2.32. The molecule has 1 atom stereocenters. The van der Waals surface area contributed by atoms with Crippen LogP contribution in [0.3, 0.4) is 0 Å². The Morgan fingerprint density at radius 2 is 1.87 bits per heavy atom. The number of thioether (sulfide) groups is 1. The van der Waals surface area contributed by atoms with Crippen molar-refractivity contribution in [2.75, 3.05) is 38.9 Å². The van der Waals surface area contributed by atoms with E-state index in [1.807, 2.05) is 30.5 Å². The fraction of sp³-hybridized carbons (Fsp3) is 0.381. The van der Waals surface area contributed by atoms with Gasteiger partial charge in [0.2, 0.25) is 15.9 Å². The number of nitrogens with one attached hydrogen (secondary N) is 1. The fourth-order valence-corrected chi connectivity index (χ4v) is 5.58. The molecule has 0 spiro atoms. The zero-order valence-corrected chi connectivity index (χ0v) is 18.9. The fourth-order valence-electron chi connectivity index (χ4n) is 3.48. The van der Waals surface area contributed by atoms with E-state index in [0.717, 1.165) is 10.6 Å². The number of amides is 1. The van der Waals surface area contributed by atoms with Crippen molar-refractivity contribution in [2.45, 2.75) is 22.6 Å². The highest BCUT2D eigenvalue weighted by molar-refractivity contribution is 7.98. The van der Waals surface area contributed by atoms with Crippen LogP contribution in [0.15, 0.2) is 52.3 Å². The molecule has 2 aromatic rings. The first-order chi connectivity index (χ1) is 14.4. The molecule has 9 heteroatoms. The molecule has 0 saturated carbocycles. The lowest BCUT2D eigenvalue weighted by Gasteiger charge is -2.31. The van der Waals surface area contributed by atoms with Crippen molar-refractivity contribution >= 4 is 33.4 Å². The Morgan fingerprint density at radius 1 is 1.13 bits per heavy atom. The minimum atomic E-state index is -3.76. The number of carbonyl (C=O) groups is 1. The van der Waals surface area contributed by atoms with E-state index in [1.54, 1.807) is 17.8 Å². The van der Waals surface area contributed by atoms with E-state index in [9.17, 15) is 13.2 Å². The SMILES string of the molecule is COc1ccc(S(=O)(=O)N2CCC[C@@H](C(=O)Nc3ccccc3SC)C2)cc1OC. The van der Waals surface area contributed by atoms with Crippen molar-refractivity contribution in [2.24, 2.45) is 5.92 Å². The normalized spacial score (nSPS) is 17.4. The van der Waals surface area contributed by atoms with E-state index in [-0.39, 0.29) is 17.3 Å². The number of para-hydroxylation sites is 1. The summed E-state index contributed by atoms with van der Waals surface area (Å²) in [4.78, 5) is 13.9. The topological polar surface area (TPSA) is 84.9 Å². The third kappa shape index (κ3) is 4.74. The van der Waals surface area contributed by atoms with Gasteiger partial charge in [-0.05, 0) is 43.4 Å². The third-order valence-electron chi connectivity index (χ3n) is 5.11. The molecule has 1 amide bonds. The summed E-state index contributed by atoms with van der Waals surface area (Å²) in [6, 6.07) is 12.1. The molecular weight excluding hydrogens is 424 g/mol. The molecule has 1 fully saturated rings. The van der Waals surface area contributed by atoms with Crippen LogP contribution in [0, 0.1) is 5.92 Å². The number of piperidine rings is 1. The molecule has 1 N–H and O–H groups in total. The first kappa shape index (κ1) is 22.5. The number of anilines is 1. The van der Waals surface area contributed by atoms with E-state index in [0.29, 0.717) is 30.9 Å². The molecule has 162 valence electrons. The predicted octanol–water partition coefficient (Wildman–Crippen LogP) is 3.47. The van der Waals surface area contributed by atoms with Gasteiger partial charge in [0.05, 0.1) is 30.7 Å². The number of ether oxygens (including phenoxy) is 2. The molecule has 1 heterocycles. The summed E-state index contributed by atoms with van der Waals surface area (Å²) in [5, 5.41) is 2.96. The van der Waals surface area contributed by atoms with Gasteiger partial charge in [0.1, 0.15) is 0 Å². The maximum atomic E-state index is 13.2. The van der Waals surface area contributed by atoms with Gasteiger partial charge < -0.3 is 14.8 Å². The molecule has 0 bridgehead atoms. The van der Waals surface area contributed by atoms with Crippen LogP contribution in [-0.2, 0) is 14.8 Å². The van der Waals surface area contributed by atoms with E-state index < -0.39 is 15.9 Å². The van der Waals surface area contributed by atoms with Crippen molar-refractivity contribution < 1.29 is 22.7 Å².